The van der Waals surface area contributed by atoms with Gasteiger partial charge in [-0.25, -0.2) is 9.97 Å². The van der Waals surface area contributed by atoms with Gasteiger partial charge in [0.1, 0.15) is 18.2 Å². The first-order valence-corrected chi connectivity index (χ1v) is 7.24. The topological polar surface area (TPSA) is 70.6 Å². The maximum Gasteiger partial charge on any atom is 0.139 e. The number of rotatable bonds is 2. The molecular formula is C16H14N6. The van der Waals surface area contributed by atoms with Crippen LogP contribution in [0.5, 0.6) is 0 Å². The van der Waals surface area contributed by atoms with Gasteiger partial charge in [-0.05, 0) is 18.6 Å². The summed E-state index contributed by atoms with van der Waals surface area (Å²) < 4.78 is 1.89. The Morgan fingerprint density at radius 1 is 1.23 bits per heavy atom. The van der Waals surface area contributed by atoms with Crippen LogP contribution in [0, 0.1) is 11.3 Å². The molecule has 3 heterocycles. The second-order valence-electron chi connectivity index (χ2n) is 5.42. The van der Waals surface area contributed by atoms with E-state index in [0.29, 0.717) is 5.56 Å². The first-order valence-electron chi connectivity index (χ1n) is 7.24. The lowest BCUT2D eigenvalue weighted by atomic mass is 10.2. The molecule has 1 aliphatic heterocycles. The third-order valence-electron chi connectivity index (χ3n) is 4.09. The molecule has 3 aromatic rings. The van der Waals surface area contributed by atoms with Crippen LogP contribution in [0.4, 0.5) is 5.82 Å². The lowest BCUT2D eigenvalue weighted by Gasteiger charge is -2.19. The molecule has 1 fully saturated rings. The molecule has 0 aliphatic carbocycles. The van der Waals surface area contributed by atoms with Crippen molar-refractivity contribution in [1.82, 2.24) is 19.7 Å². The molecule has 0 saturated carbocycles. The van der Waals surface area contributed by atoms with Crippen LogP contribution < -0.4 is 4.90 Å². The van der Waals surface area contributed by atoms with Crippen molar-refractivity contribution in [1.29, 1.82) is 5.26 Å². The first-order chi connectivity index (χ1) is 10.8. The van der Waals surface area contributed by atoms with E-state index in [-0.39, 0.29) is 6.04 Å². The molecule has 0 spiro atoms. The third kappa shape index (κ3) is 2.07. The van der Waals surface area contributed by atoms with Gasteiger partial charge in [-0.15, -0.1) is 0 Å². The van der Waals surface area contributed by atoms with E-state index >= 15 is 0 Å². The fourth-order valence-electron chi connectivity index (χ4n) is 2.99. The highest BCUT2D eigenvalue weighted by atomic mass is 15.3. The quantitative estimate of drug-likeness (QED) is 0.723. The smallest absolute Gasteiger partial charge is 0.139 e. The summed E-state index contributed by atoms with van der Waals surface area (Å²) in [6.45, 7) is 1.76. The Hall–Kier alpha value is -2.94. The largest absolute Gasteiger partial charge is 0.354 e. The Bertz CT molecular complexity index is 857. The lowest BCUT2D eigenvalue weighted by molar-refractivity contribution is 0.494. The summed E-state index contributed by atoms with van der Waals surface area (Å²) in [5.41, 5.74) is 1.56. The Labute approximate surface area is 127 Å². The summed E-state index contributed by atoms with van der Waals surface area (Å²) in [4.78, 5) is 11.1. The van der Waals surface area contributed by atoms with Gasteiger partial charge in [0, 0.05) is 24.7 Å². The van der Waals surface area contributed by atoms with Crippen molar-refractivity contribution in [2.45, 2.75) is 12.5 Å². The van der Waals surface area contributed by atoms with E-state index in [1.807, 2.05) is 29.1 Å². The van der Waals surface area contributed by atoms with Gasteiger partial charge in [0.25, 0.3) is 0 Å². The zero-order valence-corrected chi connectivity index (χ0v) is 11.9. The lowest BCUT2D eigenvalue weighted by Crippen LogP contribution is -2.22. The number of hydrogen-bond acceptors (Lipinski definition) is 5. The van der Waals surface area contributed by atoms with E-state index in [4.69, 9.17) is 5.26 Å². The van der Waals surface area contributed by atoms with Crippen molar-refractivity contribution in [3.8, 4) is 6.07 Å². The fraction of sp³-hybridized carbons (Fsp3) is 0.250. The minimum atomic E-state index is 0.274. The SMILES string of the molecule is N#Cc1cnn(C2CCN(c3ncnc4ccccc34)C2)c1. The van der Waals surface area contributed by atoms with Gasteiger partial charge in [0.05, 0.1) is 23.3 Å². The molecular weight excluding hydrogens is 276 g/mol. The highest BCUT2D eigenvalue weighted by Gasteiger charge is 2.26. The van der Waals surface area contributed by atoms with Gasteiger partial charge in [0.15, 0.2) is 0 Å². The molecule has 0 amide bonds. The van der Waals surface area contributed by atoms with Gasteiger partial charge in [0.2, 0.25) is 0 Å². The van der Waals surface area contributed by atoms with Crippen molar-refractivity contribution in [3.63, 3.8) is 0 Å². The van der Waals surface area contributed by atoms with Gasteiger partial charge in [-0.2, -0.15) is 10.4 Å². The van der Waals surface area contributed by atoms with E-state index in [1.165, 1.54) is 0 Å². The predicted octanol–water partition coefficient (Wildman–Crippen LogP) is 2.15. The minimum Gasteiger partial charge on any atom is -0.354 e. The monoisotopic (exact) mass is 290 g/mol. The van der Waals surface area contributed by atoms with E-state index in [0.717, 1.165) is 36.2 Å². The van der Waals surface area contributed by atoms with E-state index < -0.39 is 0 Å². The zero-order chi connectivity index (χ0) is 14.9. The summed E-state index contributed by atoms with van der Waals surface area (Å²) in [5.74, 6) is 0.973. The van der Waals surface area contributed by atoms with E-state index in [1.54, 1.807) is 12.5 Å². The molecule has 0 N–H and O–H groups in total. The number of hydrogen-bond donors (Lipinski definition) is 0. The van der Waals surface area contributed by atoms with Crippen LogP contribution in [0.1, 0.15) is 18.0 Å². The first kappa shape index (κ1) is 12.8. The molecule has 22 heavy (non-hydrogen) atoms. The maximum atomic E-state index is 8.91. The number of nitrogens with zero attached hydrogens (tertiary/aromatic N) is 6. The highest BCUT2D eigenvalue weighted by molar-refractivity contribution is 5.89. The van der Waals surface area contributed by atoms with Gasteiger partial charge < -0.3 is 4.90 Å². The van der Waals surface area contributed by atoms with Gasteiger partial charge in [-0.1, -0.05) is 12.1 Å². The Balaban J connectivity index is 1.63. The number of aromatic nitrogens is 4. The minimum absolute atomic E-state index is 0.274. The Morgan fingerprint density at radius 3 is 3.00 bits per heavy atom. The maximum absolute atomic E-state index is 8.91. The number of nitriles is 1. The van der Waals surface area contributed by atoms with Crippen molar-refractivity contribution in [2.24, 2.45) is 0 Å². The number of benzene rings is 1. The van der Waals surface area contributed by atoms with E-state index in [9.17, 15) is 0 Å². The molecule has 1 unspecified atom stereocenters. The second-order valence-corrected chi connectivity index (χ2v) is 5.42. The standard InChI is InChI=1S/C16H14N6/c17-7-12-8-20-22(9-12)13-5-6-21(10-13)16-14-3-1-2-4-15(14)18-11-19-16/h1-4,8-9,11,13H,5-6,10H2. The Kier molecular flexibility index (Phi) is 2.97. The van der Waals surface area contributed by atoms with Gasteiger partial charge in [-0.3, -0.25) is 4.68 Å². The fourth-order valence-corrected chi connectivity index (χ4v) is 2.99. The van der Waals surface area contributed by atoms with Crippen molar-refractivity contribution >= 4 is 16.7 Å². The van der Waals surface area contributed by atoms with Crippen molar-refractivity contribution < 1.29 is 0 Å². The summed E-state index contributed by atoms with van der Waals surface area (Å²) in [6, 6.07) is 10.4. The molecule has 2 aromatic heterocycles. The average Bonchev–Trinajstić information content (AvgIpc) is 3.23. The van der Waals surface area contributed by atoms with Crippen LogP contribution in [0.25, 0.3) is 10.9 Å². The molecule has 1 atom stereocenters. The van der Waals surface area contributed by atoms with Crippen molar-refractivity contribution in [2.75, 3.05) is 18.0 Å². The second kappa shape index (κ2) is 5.11. The number of fused-ring (bicyclic) bond motifs is 1. The molecule has 6 heteroatoms. The molecule has 1 aliphatic rings. The average molecular weight is 290 g/mol. The Morgan fingerprint density at radius 2 is 2.14 bits per heavy atom. The molecule has 0 radical (unpaired) electrons. The normalized spacial score (nSPS) is 17.8. The molecule has 1 aromatic carbocycles. The van der Waals surface area contributed by atoms with Crippen LogP contribution in [-0.2, 0) is 0 Å². The highest BCUT2D eigenvalue weighted by Crippen LogP contribution is 2.29. The molecule has 108 valence electrons. The van der Waals surface area contributed by atoms with Crippen LogP contribution in [0.3, 0.4) is 0 Å². The summed E-state index contributed by atoms with van der Waals surface area (Å²) >= 11 is 0. The molecule has 4 rings (SSSR count). The van der Waals surface area contributed by atoms with Crippen LogP contribution >= 0.6 is 0 Å². The van der Waals surface area contributed by atoms with Crippen LogP contribution in [0.2, 0.25) is 0 Å². The number of anilines is 1. The molecule has 6 nitrogen and oxygen atoms in total. The van der Waals surface area contributed by atoms with Gasteiger partial charge >= 0.3 is 0 Å². The zero-order valence-electron chi connectivity index (χ0n) is 11.9. The predicted molar refractivity (Wildman–Crippen MR) is 82.3 cm³/mol. The molecule has 1 saturated heterocycles. The number of para-hydroxylation sites is 1. The molecule has 0 bridgehead atoms. The third-order valence-corrected chi connectivity index (χ3v) is 4.09. The van der Waals surface area contributed by atoms with Crippen molar-refractivity contribution in [3.05, 3.63) is 48.5 Å². The summed E-state index contributed by atoms with van der Waals surface area (Å²) in [5, 5.41) is 14.3. The summed E-state index contributed by atoms with van der Waals surface area (Å²) in [6.07, 6.45) is 6.03. The van der Waals surface area contributed by atoms with Crippen LogP contribution in [-0.4, -0.2) is 32.8 Å². The van der Waals surface area contributed by atoms with E-state index in [2.05, 4.69) is 32.1 Å². The summed E-state index contributed by atoms with van der Waals surface area (Å²) in [7, 11) is 0. The van der Waals surface area contributed by atoms with Crippen LogP contribution in [0.15, 0.2) is 43.0 Å².